The standard InChI is InChI=1S/C33H28BrN3O6S/c1-5-42-32(39)29-19(2)36-33-37(30(29)21-11-13-25(40-3)24(34)16-21)31(38)28(44-33)15-20-10-12-26(27(14-20)41-4)43-18-23-9-7-6-8-22(23)17-35/h6-16,30H,5,18H2,1-4H3/b28-15+/t30-/m0/s1. The topological polar surface area (TPSA) is 112 Å². The molecule has 0 radical (unpaired) electrons. The van der Waals surface area contributed by atoms with Crippen LogP contribution in [-0.4, -0.2) is 31.4 Å². The number of esters is 1. The van der Waals surface area contributed by atoms with Crippen LogP contribution in [0.15, 0.2) is 86.2 Å². The second-order valence-electron chi connectivity index (χ2n) is 9.66. The number of hydrogen-bond donors (Lipinski definition) is 0. The van der Waals surface area contributed by atoms with Crippen molar-refractivity contribution in [3.05, 3.63) is 118 Å². The summed E-state index contributed by atoms with van der Waals surface area (Å²) in [7, 11) is 3.11. The van der Waals surface area contributed by atoms with E-state index < -0.39 is 12.0 Å². The molecule has 4 aromatic rings. The monoisotopic (exact) mass is 673 g/mol. The molecule has 1 atom stereocenters. The minimum atomic E-state index is -0.753. The van der Waals surface area contributed by atoms with E-state index in [9.17, 15) is 14.9 Å². The third-order valence-corrected chi connectivity index (χ3v) is 8.62. The number of fused-ring (bicyclic) bond motifs is 1. The fourth-order valence-corrected chi connectivity index (χ4v) is 6.52. The number of halogens is 1. The fourth-order valence-electron chi connectivity index (χ4n) is 4.91. The number of benzene rings is 3. The van der Waals surface area contributed by atoms with Crippen molar-refractivity contribution < 1.29 is 23.7 Å². The molecule has 224 valence electrons. The smallest absolute Gasteiger partial charge is 0.338 e. The maximum absolute atomic E-state index is 14.0. The Morgan fingerprint density at radius 3 is 2.55 bits per heavy atom. The van der Waals surface area contributed by atoms with Gasteiger partial charge in [-0.25, -0.2) is 9.79 Å². The van der Waals surface area contributed by atoms with Crippen molar-refractivity contribution in [2.24, 2.45) is 4.99 Å². The number of thiazole rings is 1. The summed E-state index contributed by atoms with van der Waals surface area (Å²) in [6.45, 7) is 3.86. The van der Waals surface area contributed by atoms with Crippen molar-refractivity contribution in [1.29, 1.82) is 5.26 Å². The van der Waals surface area contributed by atoms with E-state index >= 15 is 0 Å². The van der Waals surface area contributed by atoms with Crippen molar-refractivity contribution in [2.75, 3.05) is 20.8 Å². The molecule has 44 heavy (non-hydrogen) atoms. The average molecular weight is 675 g/mol. The first-order valence-electron chi connectivity index (χ1n) is 13.6. The zero-order valence-corrected chi connectivity index (χ0v) is 26.8. The number of carbonyl (C=O) groups is 1. The van der Waals surface area contributed by atoms with E-state index in [1.165, 1.54) is 23.0 Å². The number of carbonyl (C=O) groups excluding carboxylic acids is 1. The minimum absolute atomic E-state index is 0.186. The first-order chi connectivity index (χ1) is 21.3. The van der Waals surface area contributed by atoms with Crippen LogP contribution in [0.3, 0.4) is 0 Å². The fraction of sp³-hybridized carbons (Fsp3) is 0.212. The summed E-state index contributed by atoms with van der Waals surface area (Å²) in [4.78, 5) is 32.2. The molecule has 0 unspecified atom stereocenters. The van der Waals surface area contributed by atoms with Gasteiger partial charge in [-0.15, -0.1) is 0 Å². The minimum Gasteiger partial charge on any atom is -0.496 e. The molecule has 2 heterocycles. The lowest BCUT2D eigenvalue weighted by Gasteiger charge is -2.25. The normalized spacial score (nSPS) is 14.4. The summed E-state index contributed by atoms with van der Waals surface area (Å²) < 4.78 is 25.0. The highest BCUT2D eigenvalue weighted by Gasteiger charge is 2.33. The lowest BCUT2D eigenvalue weighted by Crippen LogP contribution is -2.39. The highest BCUT2D eigenvalue weighted by molar-refractivity contribution is 9.10. The van der Waals surface area contributed by atoms with Gasteiger partial charge in [-0.1, -0.05) is 41.7 Å². The predicted molar refractivity (Wildman–Crippen MR) is 170 cm³/mol. The molecular weight excluding hydrogens is 646 g/mol. The average Bonchev–Trinajstić information content (AvgIpc) is 3.33. The second-order valence-corrected chi connectivity index (χ2v) is 11.5. The van der Waals surface area contributed by atoms with E-state index in [4.69, 9.17) is 18.9 Å². The van der Waals surface area contributed by atoms with E-state index in [0.717, 1.165) is 5.56 Å². The first-order valence-corrected chi connectivity index (χ1v) is 15.2. The van der Waals surface area contributed by atoms with E-state index in [1.807, 2.05) is 30.3 Å². The molecule has 0 fully saturated rings. The Morgan fingerprint density at radius 2 is 1.84 bits per heavy atom. The molecule has 9 nitrogen and oxygen atoms in total. The van der Waals surface area contributed by atoms with Gasteiger partial charge in [0, 0.05) is 5.56 Å². The number of ether oxygens (including phenoxy) is 4. The summed E-state index contributed by atoms with van der Waals surface area (Å²) in [5.74, 6) is 1.06. The van der Waals surface area contributed by atoms with Crippen molar-refractivity contribution in [1.82, 2.24) is 4.57 Å². The lowest BCUT2D eigenvalue weighted by atomic mass is 9.96. The van der Waals surface area contributed by atoms with Gasteiger partial charge in [0.1, 0.15) is 12.4 Å². The van der Waals surface area contributed by atoms with Crippen LogP contribution in [0.4, 0.5) is 0 Å². The molecule has 0 N–H and O–H groups in total. The van der Waals surface area contributed by atoms with Crippen LogP contribution in [-0.2, 0) is 16.1 Å². The van der Waals surface area contributed by atoms with Gasteiger partial charge in [-0.3, -0.25) is 9.36 Å². The third kappa shape index (κ3) is 6.04. The molecule has 1 aromatic heterocycles. The van der Waals surface area contributed by atoms with Crippen LogP contribution in [0.5, 0.6) is 17.2 Å². The van der Waals surface area contributed by atoms with Gasteiger partial charge in [0.05, 0.1) is 58.8 Å². The number of hydrogen-bond acceptors (Lipinski definition) is 9. The van der Waals surface area contributed by atoms with Crippen molar-refractivity contribution in [3.8, 4) is 23.3 Å². The summed E-state index contributed by atoms with van der Waals surface area (Å²) in [6, 6.07) is 19.4. The highest BCUT2D eigenvalue weighted by Crippen LogP contribution is 2.35. The molecule has 1 aliphatic heterocycles. The summed E-state index contributed by atoms with van der Waals surface area (Å²) in [5.41, 5.74) is 3.19. The van der Waals surface area contributed by atoms with Gasteiger partial charge >= 0.3 is 5.97 Å². The molecule has 0 bridgehead atoms. The molecule has 11 heteroatoms. The predicted octanol–water partition coefficient (Wildman–Crippen LogP) is 5.03. The highest BCUT2D eigenvalue weighted by atomic mass is 79.9. The van der Waals surface area contributed by atoms with Crippen LogP contribution in [0, 0.1) is 11.3 Å². The maximum atomic E-state index is 14.0. The molecule has 0 saturated carbocycles. The van der Waals surface area contributed by atoms with E-state index in [1.54, 1.807) is 57.4 Å². The second kappa shape index (κ2) is 13.3. The van der Waals surface area contributed by atoms with E-state index in [-0.39, 0.29) is 18.8 Å². The number of allylic oxidation sites excluding steroid dienone is 1. The van der Waals surface area contributed by atoms with Gasteiger partial charge in [-0.05, 0) is 77.3 Å². The quantitative estimate of drug-likeness (QED) is 0.229. The zero-order chi connectivity index (χ0) is 31.4. The Bertz CT molecular complexity index is 2010. The number of rotatable bonds is 9. The summed E-state index contributed by atoms with van der Waals surface area (Å²) >= 11 is 4.76. The van der Waals surface area contributed by atoms with Gasteiger partial charge in [0.2, 0.25) is 0 Å². The van der Waals surface area contributed by atoms with Gasteiger partial charge in [0.15, 0.2) is 16.3 Å². The molecule has 1 aliphatic rings. The summed E-state index contributed by atoms with van der Waals surface area (Å²) in [6.07, 6.45) is 1.76. The third-order valence-electron chi connectivity index (χ3n) is 7.02. The van der Waals surface area contributed by atoms with E-state index in [2.05, 4.69) is 27.0 Å². The molecule has 0 spiro atoms. The Morgan fingerprint density at radius 1 is 1.09 bits per heavy atom. The van der Waals surface area contributed by atoms with Crippen LogP contribution >= 0.6 is 27.3 Å². The largest absolute Gasteiger partial charge is 0.496 e. The van der Waals surface area contributed by atoms with Gasteiger partial charge < -0.3 is 18.9 Å². The SMILES string of the molecule is CCOC(=O)C1=C(C)N=c2s/c(=C/c3ccc(OCc4ccccc4C#N)c(OC)c3)c(=O)n2[C@H]1c1ccc(OC)c(Br)c1. The van der Waals surface area contributed by atoms with Crippen molar-refractivity contribution >= 4 is 39.3 Å². The van der Waals surface area contributed by atoms with E-state index in [0.29, 0.717) is 59.0 Å². The number of nitriles is 1. The zero-order valence-electron chi connectivity index (χ0n) is 24.4. The number of methoxy groups -OCH3 is 2. The maximum Gasteiger partial charge on any atom is 0.338 e. The molecule has 5 rings (SSSR count). The molecular formula is C33H28BrN3O6S. The molecule has 0 saturated heterocycles. The number of nitrogens with zero attached hydrogens (tertiary/aromatic N) is 3. The Labute approximate surface area is 266 Å². The Kier molecular flexibility index (Phi) is 9.32. The van der Waals surface area contributed by atoms with Crippen LogP contribution in [0.1, 0.15) is 42.1 Å². The van der Waals surface area contributed by atoms with Gasteiger partial charge in [0.25, 0.3) is 5.56 Å². The Hall–Kier alpha value is -4.66. The lowest BCUT2D eigenvalue weighted by molar-refractivity contribution is -0.139. The molecule has 3 aromatic carbocycles. The van der Waals surface area contributed by atoms with Crippen molar-refractivity contribution in [3.63, 3.8) is 0 Å². The molecule has 0 aliphatic carbocycles. The Balaban J connectivity index is 1.56. The summed E-state index contributed by atoms with van der Waals surface area (Å²) in [5, 5.41) is 9.37. The first kappa shape index (κ1) is 30.8. The van der Waals surface area contributed by atoms with Crippen LogP contribution in [0.2, 0.25) is 0 Å². The van der Waals surface area contributed by atoms with Crippen LogP contribution in [0.25, 0.3) is 6.08 Å². The van der Waals surface area contributed by atoms with Crippen molar-refractivity contribution in [2.45, 2.75) is 26.5 Å². The van der Waals surface area contributed by atoms with Gasteiger partial charge in [-0.2, -0.15) is 5.26 Å². The molecule has 0 amide bonds. The van der Waals surface area contributed by atoms with Crippen LogP contribution < -0.4 is 29.1 Å². The number of aromatic nitrogens is 1.